The standard InChI is InChI=1S/C4H11N3O/c5-4(6)1-2-7-3-8/h7-8H,1-3H2,(H3,5,6). The predicted molar refractivity (Wildman–Crippen MR) is 31.6 cm³/mol. The average Bonchev–Trinajstić information content (AvgIpc) is 1.66. The van der Waals surface area contributed by atoms with Crippen LogP contribution < -0.4 is 11.1 Å². The number of nitrogens with one attached hydrogen (secondary N) is 2. The molecule has 0 aromatic heterocycles. The van der Waals surface area contributed by atoms with E-state index in [1.54, 1.807) is 0 Å². The van der Waals surface area contributed by atoms with Crippen LogP contribution in [0.4, 0.5) is 0 Å². The summed E-state index contributed by atoms with van der Waals surface area (Å²) in [5, 5.41) is 17.5. The second-order valence-corrected chi connectivity index (χ2v) is 1.43. The van der Waals surface area contributed by atoms with Crippen LogP contribution in [0.2, 0.25) is 0 Å². The first-order valence-corrected chi connectivity index (χ1v) is 2.42. The summed E-state index contributed by atoms with van der Waals surface area (Å²) in [6.07, 6.45) is 0.501. The van der Waals surface area contributed by atoms with Crippen LogP contribution in [0.25, 0.3) is 0 Å². The Morgan fingerprint density at radius 2 is 2.38 bits per heavy atom. The van der Waals surface area contributed by atoms with Crippen molar-refractivity contribution in [3.8, 4) is 0 Å². The van der Waals surface area contributed by atoms with Crippen molar-refractivity contribution in [2.24, 2.45) is 5.73 Å². The van der Waals surface area contributed by atoms with Crippen molar-refractivity contribution in [1.29, 1.82) is 5.41 Å². The van der Waals surface area contributed by atoms with Gasteiger partial charge in [0, 0.05) is 13.0 Å². The van der Waals surface area contributed by atoms with Gasteiger partial charge in [-0.05, 0) is 0 Å². The first-order valence-electron chi connectivity index (χ1n) is 2.42. The van der Waals surface area contributed by atoms with Crippen molar-refractivity contribution in [1.82, 2.24) is 5.32 Å². The Kier molecular flexibility index (Phi) is 4.20. The molecule has 48 valence electrons. The minimum absolute atomic E-state index is 0.0483. The molecule has 8 heavy (non-hydrogen) atoms. The molecule has 5 N–H and O–H groups in total. The number of hydrogen-bond acceptors (Lipinski definition) is 3. The maximum absolute atomic E-state index is 8.16. The van der Waals surface area contributed by atoms with Crippen molar-refractivity contribution in [3.63, 3.8) is 0 Å². The molecule has 0 aliphatic heterocycles. The van der Waals surface area contributed by atoms with Crippen LogP contribution in [0.3, 0.4) is 0 Å². The molecule has 4 nitrogen and oxygen atoms in total. The molecule has 0 fully saturated rings. The monoisotopic (exact) mass is 117 g/mol. The van der Waals surface area contributed by atoms with E-state index in [1.165, 1.54) is 0 Å². The molecule has 0 radical (unpaired) electrons. The molecule has 0 saturated heterocycles. The third kappa shape index (κ3) is 5.39. The lowest BCUT2D eigenvalue weighted by Gasteiger charge is -1.96. The molecule has 0 spiro atoms. The average molecular weight is 117 g/mol. The summed E-state index contributed by atoms with van der Waals surface area (Å²) < 4.78 is 0. The van der Waals surface area contributed by atoms with Gasteiger partial charge in [0.15, 0.2) is 0 Å². The van der Waals surface area contributed by atoms with Crippen LogP contribution in [0.15, 0.2) is 0 Å². The fourth-order valence-electron chi connectivity index (χ4n) is 0.302. The van der Waals surface area contributed by atoms with E-state index in [0.717, 1.165) is 0 Å². The number of hydrogen-bond donors (Lipinski definition) is 4. The van der Waals surface area contributed by atoms with Gasteiger partial charge in [0.25, 0.3) is 0 Å². The summed E-state index contributed by atoms with van der Waals surface area (Å²) in [5.41, 5.74) is 4.99. The number of rotatable bonds is 4. The molecule has 0 heterocycles. The molecular formula is C4H11N3O. The van der Waals surface area contributed by atoms with Gasteiger partial charge in [-0.1, -0.05) is 0 Å². The zero-order chi connectivity index (χ0) is 6.41. The first kappa shape index (κ1) is 7.39. The normalized spacial score (nSPS) is 9.12. The Hall–Kier alpha value is -0.610. The quantitative estimate of drug-likeness (QED) is 0.162. The van der Waals surface area contributed by atoms with Gasteiger partial charge in [0.2, 0.25) is 0 Å². The highest BCUT2D eigenvalue weighted by Gasteiger charge is 1.85. The maximum Gasteiger partial charge on any atom is 0.0931 e. The number of aliphatic hydroxyl groups excluding tert-OH is 1. The highest BCUT2D eigenvalue weighted by Crippen LogP contribution is 1.69. The lowest BCUT2D eigenvalue weighted by atomic mass is 10.4. The zero-order valence-electron chi connectivity index (χ0n) is 4.65. The molecule has 0 aromatic carbocycles. The van der Waals surface area contributed by atoms with Crippen LogP contribution >= 0.6 is 0 Å². The van der Waals surface area contributed by atoms with Crippen molar-refractivity contribution < 1.29 is 5.11 Å². The predicted octanol–water partition coefficient (Wildman–Crippen LogP) is -1.15. The minimum atomic E-state index is -0.0483. The summed E-state index contributed by atoms with van der Waals surface area (Å²) in [5.74, 6) is 0.144. The second-order valence-electron chi connectivity index (χ2n) is 1.43. The van der Waals surface area contributed by atoms with Gasteiger partial charge in [-0.25, -0.2) is 0 Å². The van der Waals surface area contributed by atoms with Crippen molar-refractivity contribution in [2.75, 3.05) is 13.3 Å². The lowest BCUT2D eigenvalue weighted by molar-refractivity contribution is 0.263. The van der Waals surface area contributed by atoms with Crippen LogP contribution in [0.1, 0.15) is 6.42 Å². The number of amidine groups is 1. The van der Waals surface area contributed by atoms with Crippen molar-refractivity contribution in [3.05, 3.63) is 0 Å². The highest BCUT2D eigenvalue weighted by molar-refractivity contribution is 5.76. The number of aliphatic hydroxyl groups is 1. The van der Waals surface area contributed by atoms with Gasteiger partial charge in [-0.15, -0.1) is 0 Å². The highest BCUT2D eigenvalue weighted by atomic mass is 16.3. The molecule has 0 saturated carbocycles. The van der Waals surface area contributed by atoms with Crippen LogP contribution in [0, 0.1) is 5.41 Å². The molecule has 0 unspecified atom stereocenters. The van der Waals surface area contributed by atoms with Gasteiger partial charge in [-0.3, -0.25) is 10.7 Å². The third-order valence-corrected chi connectivity index (χ3v) is 0.683. The minimum Gasteiger partial charge on any atom is -0.388 e. The summed E-state index contributed by atoms with van der Waals surface area (Å²) in [4.78, 5) is 0. The molecule has 0 rings (SSSR count). The summed E-state index contributed by atoms with van der Waals surface area (Å²) in [6, 6.07) is 0. The van der Waals surface area contributed by atoms with Gasteiger partial charge in [-0.2, -0.15) is 0 Å². The lowest BCUT2D eigenvalue weighted by Crippen LogP contribution is -2.21. The third-order valence-electron chi connectivity index (χ3n) is 0.683. The molecule has 0 bridgehead atoms. The molecule has 0 aromatic rings. The summed E-state index contributed by atoms with van der Waals surface area (Å²) >= 11 is 0. The largest absolute Gasteiger partial charge is 0.388 e. The van der Waals surface area contributed by atoms with Gasteiger partial charge in [0.05, 0.1) is 12.6 Å². The topological polar surface area (TPSA) is 82.1 Å². The van der Waals surface area contributed by atoms with Gasteiger partial charge in [0.1, 0.15) is 0 Å². The number of nitrogens with two attached hydrogens (primary N) is 1. The Bertz CT molecular complexity index is 73.7. The van der Waals surface area contributed by atoms with E-state index in [-0.39, 0.29) is 12.6 Å². The molecular weight excluding hydrogens is 106 g/mol. The van der Waals surface area contributed by atoms with E-state index in [0.29, 0.717) is 13.0 Å². The van der Waals surface area contributed by atoms with Crippen LogP contribution in [-0.2, 0) is 0 Å². The fourth-order valence-corrected chi connectivity index (χ4v) is 0.302. The Balaban J connectivity index is 2.82. The van der Waals surface area contributed by atoms with E-state index in [9.17, 15) is 0 Å². The Morgan fingerprint density at radius 1 is 1.75 bits per heavy atom. The fraction of sp³-hybridized carbons (Fsp3) is 0.750. The molecule has 0 aliphatic rings. The van der Waals surface area contributed by atoms with E-state index in [4.69, 9.17) is 16.2 Å². The maximum atomic E-state index is 8.16. The first-order chi connectivity index (χ1) is 3.77. The summed E-state index contributed by atoms with van der Waals surface area (Å²) in [6.45, 7) is 0.527. The smallest absolute Gasteiger partial charge is 0.0931 e. The molecule has 0 amide bonds. The summed E-state index contributed by atoms with van der Waals surface area (Å²) in [7, 11) is 0. The van der Waals surface area contributed by atoms with E-state index < -0.39 is 0 Å². The molecule has 0 atom stereocenters. The Morgan fingerprint density at radius 3 is 2.75 bits per heavy atom. The molecule has 0 aliphatic carbocycles. The van der Waals surface area contributed by atoms with Gasteiger partial charge < -0.3 is 10.8 Å². The van der Waals surface area contributed by atoms with E-state index in [2.05, 4.69) is 5.32 Å². The van der Waals surface area contributed by atoms with Gasteiger partial charge >= 0.3 is 0 Å². The van der Waals surface area contributed by atoms with Crippen molar-refractivity contribution in [2.45, 2.75) is 6.42 Å². The Labute approximate surface area is 48.2 Å². The van der Waals surface area contributed by atoms with Crippen LogP contribution in [-0.4, -0.2) is 24.2 Å². The van der Waals surface area contributed by atoms with E-state index in [1.807, 2.05) is 0 Å². The SMILES string of the molecule is N=C(N)CCNCO. The second kappa shape index (κ2) is 4.55. The molecule has 4 heteroatoms. The van der Waals surface area contributed by atoms with Crippen molar-refractivity contribution >= 4 is 5.84 Å². The van der Waals surface area contributed by atoms with E-state index >= 15 is 0 Å². The van der Waals surface area contributed by atoms with Crippen LogP contribution in [0.5, 0.6) is 0 Å². The zero-order valence-corrected chi connectivity index (χ0v) is 4.65.